The van der Waals surface area contributed by atoms with E-state index in [2.05, 4.69) is 51.4 Å². The van der Waals surface area contributed by atoms with Crippen molar-refractivity contribution in [1.82, 2.24) is 9.97 Å². The van der Waals surface area contributed by atoms with Crippen molar-refractivity contribution in [2.45, 2.75) is 29.7 Å². The minimum Gasteiger partial charge on any atom is -0.354 e. The fourth-order valence-electron chi connectivity index (χ4n) is 3.47. The number of aryl methyl sites for hydroxylation is 1. The Morgan fingerprint density at radius 3 is 2.62 bits per heavy atom. The smallest absolute Gasteiger partial charge is 0.229 e. The Balaban J connectivity index is 1.48. The predicted octanol–water partition coefficient (Wildman–Crippen LogP) is 4.79. The molecule has 6 heteroatoms. The zero-order chi connectivity index (χ0) is 20.1. The third kappa shape index (κ3) is 4.95. The van der Waals surface area contributed by atoms with Gasteiger partial charge < -0.3 is 10.2 Å². The lowest BCUT2D eigenvalue weighted by Crippen LogP contribution is -2.41. The molecule has 1 aliphatic rings. The second-order valence-corrected chi connectivity index (χ2v) is 8.30. The molecule has 3 aromatic rings. The van der Waals surface area contributed by atoms with Gasteiger partial charge in [-0.2, -0.15) is 0 Å². The molecule has 148 valence electrons. The number of rotatable bonds is 5. The number of nitrogens with zero attached hydrogens (tertiary/aromatic N) is 3. The van der Waals surface area contributed by atoms with Gasteiger partial charge in [-0.3, -0.25) is 4.79 Å². The number of hydrogen-bond acceptors (Lipinski definition) is 5. The quantitative estimate of drug-likeness (QED) is 0.662. The number of nitrogens with one attached hydrogen (secondary N) is 1. The van der Waals surface area contributed by atoms with Crippen LogP contribution in [0.5, 0.6) is 0 Å². The normalized spacial score (nSPS) is 16.4. The van der Waals surface area contributed by atoms with Gasteiger partial charge in [-0.15, -0.1) is 0 Å². The maximum absolute atomic E-state index is 12.8. The average Bonchev–Trinajstić information content (AvgIpc) is 2.76. The molecule has 1 atom stereocenters. The van der Waals surface area contributed by atoms with E-state index < -0.39 is 0 Å². The summed E-state index contributed by atoms with van der Waals surface area (Å²) in [5, 5.41) is 3.91. The maximum atomic E-state index is 12.8. The lowest BCUT2D eigenvalue weighted by atomic mass is 9.97. The highest BCUT2D eigenvalue weighted by molar-refractivity contribution is 7.99. The van der Waals surface area contributed by atoms with E-state index in [-0.39, 0.29) is 11.8 Å². The Hall–Kier alpha value is -2.86. The molecule has 1 N–H and O–H groups in total. The van der Waals surface area contributed by atoms with Crippen LogP contribution < -0.4 is 10.2 Å². The molecule has 5 nitrogen and oxygen atoms in total. The molecule has 1 amide bonds. The molecular formula is C23H24N4OS. The molecule has 0 bridgehead atoms. The topological polar surface area (TPSA) is 58.1 Å². The molecule has 1 fully saturated rings. The number of aromatic nitrogens is 2. The van der Waals surface area contributed by atoms with Gasteiger partial charge >= 0.3 is 0 Å². The highest BCUT2D eigenvalue weighted by Gasteiger charge is 2.28. The third-order valence-electron chi connectivity index (χ3n) is 5.02. The maximum Gasteiger partial charge on any atom is 0.229 e. The number of carbonyl (C=O) groups is 1. The van der Waals surface area contributed by atoms with E-state index in [0.29, 0.717) is 6.54 Å². The summed E-state index contributed by atoms with van der Waals surface area (Å²) in [4.78, 5) is 25.3. The second kappa shape index (κ2) is 9.09. The van der Waals surface area contributed by atoms with Crippen LogP contribution in [0, 0.1) is 12.8 Å². The first-order valence-corrected chi connectivity index (χ1v) is 10.7. The molecule has 1 aliphatic heterocycles. The van der Waals surface area contributed by atoms with E-state index >= 15 is 0 Å². The van der Waals surface area contributed by atoms with Crippen LogP contribution in [0.25, 0.3) is 0 Å². The SMILES string of the molecule is Cc1ccc(Sc2nccnc2N2CCCC(C(=O)Nc3ccccc3)C2)cc1. The van der Waals surface area contributed by atoms with Crippen molar-refractivity contribution in [2.75, 3.05) is 23.3 Å². The lowest BCUT2D eigenvalue weighted by molar-refractivity contribution is -0.120. The van der Waals surface area contributed by atoms with Crippen LogP contribution in [0.15, 0.2) is 76.9 Å². The molecule has 0 spiro atoms. The Labute approximate surface area is 175 Å². The molecule has 0 aliphatic carbocycles. The van der Waals surface area contributed by atoms with E-state index in [4.69, 9.17) is 0 Å². The number of anilines is 2. The van der Waals surface area contributed by atoms with Crippen LogP contribution in [0.1, 0.15) is 18.4 Å². The number of benzene rings is 2. The summed E-state index contributed by atoms with van der Waals surface area (Å²) in [5.74, 6) is 0.857. The van der Waals surface area contributed by atoms with Crippen molar-refractivity contribution in [3.05, 3.63) is 72.6 Å². The lowest BCUT2D eigenvalue weighted by Gasteiger charge is -2.33. The Kier molecular flexibility index (Phi) is 6.10. The van der Waals surface area contributed by atoms with Gasteiger partial charge in [-0.05, 0) is 44.0 Å². The summed E-state index contributed by atoms with van der Waals surface area (Å²) in [7, 11) is 0. The van der Waals surface area contributed by atoms with Crippen molar-refractivity contribution in [3.8, 4) is 0 Å². The minimum absolute atomic E-state index is 0.0665. The standard InChI is InChI=1S/C23H24N4OS/c1-17-9-11-20(12-10-17)29-23-21(24-13-14-25-23)27-15-5-6-18(16-27)22(28)26-19-7-3-2-4-8-19/h2-4,7-14,18H,5-6,15-16H2,1H3,(H,26,28). The van der Waals surface area contributed by atoms with Gasteiger partial charge in [0.15, 0.2) is 5.82 Å². The molecular weight excluding hydrogens is 380 g/mol. The summed E-state index contributed by atoms with van der Waals surface area (Å²) < 4.78 is 0. The predicted molar refractivity (Wildman–Crippen MR) is 117 cm³/mol. The molecule has 2 heterocycles. The number of hydrogen-bond donors (Lipinski definition) is 1. The van der Waals surface area contributed by atoms with E-state index in [9.17, 15) is 4.79 Å². The van der Waals surface area contributed by atoms with Crippen LogP contribution in [0.3, 0.4) is 0 Å². The molecule has 29 heavy (non-hydrogen) atoms. The fraction of sp³-hybridized carbons (Fsp3) is 0.261. The van der Waals surface area contributed by atoms with Crippen molar-refractivity contribution >= 4 is 29.2 Å². The highest BCUT2D eigenvalue weighted by Crippen LogP contribution is 2.34. The van der Waals surface area contributed by atoms with Crippen molar-refractivity contribution < 1.29 is 4.79 Å². The molecule has 2 aromatic carbocycles. The van der Waals surface area contributed by atoms with Crippen LogP contribution in [0.4, 0.5) is 11.5 Å². The third-order valence-corrected chi connectivity index (χ3v) is 6.00. The minimum atomic E-state index is -0.0665. The van der Waals surface area contributed by atoms with E-state index in [1.807, 2.05) is 30.3 Å². The summed E-state index contributed by atoms with van der Waals surface area (Å²) in [6.07, 6.45) is 5.29. The largest absolute Gasteiger partial charge is 0.354 e. The zero-order valence-electron chi connectivity index (χ0n) is 16.4. The zero-order valence-corrected chi connectivity index (χ0v) is 17.2. The van der Waals surface area contributed by atoms with E-state index in [1.165, 1.54) is 5.56 Å². The first-order valence-electron chi connectivity index (χ1n) is 9.85. The second-order valence-electron chi connectivity index (χ2n) is 7.24. The summed E-state index contributed by atoms with van der Waals surface area (Å²) >= 11 is 1.61. The summed E-state index contributed by atoms with van der Waals surface area (Å²) in [6, 6.07) is 18.0. The monoisotopic (exact) mass is 404 g/mol. The average molecular weight is 405 g/mol. The van der Waals surface area contributed by atoms with Crippen LogP contribution in [0.2, 0.25) is 0 Å². The number of carbonyl (C=O) groups excluding carboxylic acids is 1. The van der Waals surface area contributed by atoms with Gasteiger partial charge in [0.25, 0.3) is 0 Å². The van der Waals surface area contributed by atoms with Crippen LogP contribution in [-0.4, -0.2) is 29.0 Å². The van der Waals surface area contributed by atoms with Gasteiger partial charge in [0.05, 0.1) is 5.92 Å². The molecule has 0 saturated carbocycles. The Morgan fingerprint density at radius 2 is 1.83 bits per heavy atom. The first-order chi connectivity index (χ1) is 14.2. The van der Waals surface area contributed by atoms with Crippen molar-refractivity contribution in [3.63, 3.8) is 0 Å². The highest BCUT2D eigenvalue weighted by atomic mass is 32.2. The van der Waals surface area contributed by atoms with Crippen molar-refractivity contribution in [2.24, 2.45) is 5.92 Å². The van der Waals surface area contributed by atoms with E-state index in [1.54, 1.807) is 24.2 Å². The Morgan fingerprint density at radius 1 is 1.07 bits per heavy atom. The number of piperidine rings is 1. The molecule has 1 saturated heterocycles. The van der Waals surface area contributed by atoms with Gasteiger partial charge in [0, 0.05) is 36.1 Å². The fourth-order valence-corrected chi connectivity index (χ4v) is 4.36. The van der Waals surface area contributed by atoms with Crippen molar-refractivity contribution in [1.29, 1.82) is 0 Å². The first kappa shape index (κ1) is 19.5. The molecule has 0 radical (unpaired) electrons. The van der Waals surface area contributed by atoms with Gasteiger partial charge in [-0.1, -0.05) is 47.7 Å². The number of amides is 1. The van der Waals surface area contributed by atoms with Gasteiger partial charge in [0.1, 0.15) is 5.03 Å². The van der Waals surface area contributed by atoms with Gasteiger partial charge in [-0.25, -0.2) is 9.97 Å². The summed E-state index contributed by atoms with van der Waals surface area (Å²) in [6.45, 7) is 3.62. The van der Waals surface area contributed by atoms with E-state index in [0.717, 1.165) is 40.8 Å². The number of para-hydroxylation sites is 1. The molecule has 4 rings (SSSR count). The molecule has 1 unspecified atom stereocenters. The van der Waals surface area contributed by atoms with Crippen LogP contribution >= 0.6 is 11.8 Å². The Bertz CT molecular complexity index is 962. The van der Waals surface area contributed by atoms with Gasteiger partial charge in [0.2, 0.25) is 5.91 Å². The molecule has 1 aromatic heterocycles. The van der Waals surface area contributed by atoms with Crippen LogP contribution in [-0.2, 0) is 4.79 Å². The summed E-state index contributed by atoms with van der Waals surface area (Å²) in [5.41, 5.74) is 2.07.